The van der Waals surface area contributed by atoms with Crippen molar-refractivity contribution in [1.82, 2.24) is 9.80 Å². The van der Waals surface area contributed by atoms with Crippen molar-refractivity contribution < 1.29 is 19.1 Å². The summed E-state index contributed by atoms with van der Waals surface area (Å²) in [5.74, 6) is -0.588. The smallest absolute Gasteiger partial charge is 0.306 e. The second-order valence-corrected chi connectivity index (χ2v) is 10.4. The van der Waals surface area contributed by atoms with Crippen molar-refractivity contribution in [1.29, 1.82) is 0 Å². The van der Waals surface area contributed by atoms with Crippen molar-refractivity contribution in [3.8, 4) is 0 Å². The summed E-state index contributed by atoms with van der Waals surface area (Å²) < 4.78 is 4.91. The number of halogens is 2. The number of nitrogens with one attached hydrogen (secondary N) is 1. The van der Waals surface area contributed by atoms with E-state index in [0.717, 1.165) is 50.0 Å². The number of anilines is 1. The molecule has 0 spiro atoms. The molecule has 37 heavy (non-hydrogen) atoms. The van der Waals surface area contributed by atoms with Crippen LogP contribution >= 0.6 is 23.2 Å². The minimum atomic E-state index is -0.384. The summed E-state index contributed by atoms with van der Waals surface area (Å²) in [4.78, 5) is 42.0. The maximum absolute atomic E-state index is 13.5. The average Bonchev–Trinajstić information content (AvgIpc) is 3.39. The topological polar surface area (TPSA) is 79.0 Å². The third kappa shape index (κ3) is 7.24. The minimum absolute atomic E-state index is 0.0390. The van der Waals surface area contributed by atoms with Crippen LogP contribution in [0.25, 0.3) is 0 Å². The van der Waals surface area contributed by atoms with Crippen molar-refractivity contribution in [2.75, 3.05) is 38.1 Å². The summed E-state index contributed by atoms with van der Waals surface area (Å²) in [5.41, 5.74) is 3.74. The van der Waals surface area contributed by atoms with Crippen LogP contribution in [0.15, 0.2) is 36.4 Å². The molecule has 0 aliphatic carbocycles. The number of carbonyl (C=O) groups excluding carboxylic acids is 3. The van der Waals surface area contributed by atoms with Crippen LogP contribution in [-0.2, 0) is 32.0 Å². The lowest BCUT2D eigenvalue weighted by Gasteiger charge is -2.39. The Labute approximate surface area is 228 Å². The molecule has 2 aromatic rings. The van der Waals surface area contributed by atoms with Gasteiger partial charge in [0.25, 0.3) is 0 Å². The highest BCUT2D eigenvalue weighted by Gasteiger charge is 2.33. The van der Waals surface area contributed by atoms with Gasteiger partial charge in [-0.1, -0.05) is 35.3 Å². The van der Waals surface area contributed by atoms with Crippen molar-refractivity contribution >= 4 is 46.7 Å². The number of hydrogen-bond donors (Lipinski definition) is 1. The average molecular weight is 546 g/mol. The van der Waals surface area contributed by atoms with Crippen LogP contribution in [0.1, 0.15) is 55.3 Å². The second kappa shape index (κ2) is 12.8. The fourth-order valence-corrected chi connectivity index (χ4v) is 5.40. The number of nitrogens with zero attached hydrogens (tertiary/aromatic N) is 2. The van der Waals surface area contributed by atoms with Gasteiger partial charge in [0.15, 0.2) is 0 Å². The van der Waals surface area contributed by atoms with E-state index in [1.807, 2.05) is 29.2 Å². The molecule has 198 valence electrons. The van der Waals surface area contributed by atoms with Gasteiger partial charge in [-0.15, -0.1) is 0 Å². The predicted octanol–water partition coefficient (Wildman–Crippen LogP) is 5.04. The molecule has 0 bridgehead atoms. The Kier molecular flexibility index (Phi) is 9.46. The first kappa shape index (κ1) is 27.4. The molecule has 0 saturated carbocycles. The molecule has 0 radical (unpaired) electrons. The number of carbonyl (C=O) groups is 3. The third-order valence-corrected chi connectivity index (χ3v) is 7.68. The molecule has 4 rings (SSSR count). The van der Waals surface area contributed by atoms with Gasteiger partial charge in [0.2, 0.25) is 11.8 Å². The molecule has 1 fully saturated rings. The Hall–Kier alpha value is -2.61. The van der Waals surface area contributed by atoms with E-state index in [0.29, 0.717) is 28.9 Å². The Bertz CT molecular complexity index is 1150. The van der Waals surface area contributed by atoms with Gasteiger partial charge in [0.05, 0.1) is 35.5 Å². The van der Waals surface area contributed by atoms with Gasteiger partial charge in [0, 0.05) is 25.2 Å². The fourth-order valence-electron chi connectivity index (χ4n) is 5.08. The van der Waals surface area contributed by atoms with Crippen LogP contribution in [0.4, 0.5) is 5.69 Å². The molecule has 1 atom stereocenters. The summed E-state index contributed by atoms with van der Waals surface area (Å²) >= 11 is 12.2. The van der Waals surface area contributed by atoms with Gasteiger partial charge >= 0.3 is 5.97 Å². The largest absolute Gasteiger partial charge is 0.466 e. The molecular weight excluding hydrogens is 513 g/mol. The quantitative estimate of drug-likeness (QED) is 0.446. The lowest BCUT2D eigenvalue weighted by atomic mass is 9.91. The van der Waals surface area contributed by atoms with E-state index in [1.165, 1.54) is 5.56 Å². The Morgan fingerprint density at radius 2 is 1.78 bits per heavy atom. The Balaban J connectivity index is 1.52. The Morgan fingerprint density at radius 3 is 2.51 bits per heavy atom. The van der Waals surface area contributed by atoms with Crippen LogP contribution in [-0.4, -0.2) is 60.4 Å². The molecule has 0 aromatic heterocycles. The number of rotatable bonds is 9. The first-order chi connectivity index (χ1) is 17.8. The van der Waals surface area contributed by atoms with Crippen LogP contribution < -0.4 is 5.32 Å². The van der Waals surface area contributed by atoms with E-state index >= 15 is 0 Å². The van der Waals surface area contributed by atoms with Crippen molar-refractivity contribution in [2.45, 2.75) is 51.5 Å². The van der Waals surface area contributed by atoms with Crippen LogP contribution in [0.5, 0.6) is 0 Å². The van der Waals surface area contributed by atoms with Crippen LogP contribution in [0, 0.1) is 0 Å². The van der Waals surface area contributed by atoms with Gasteiger partial charge in [-0.05, 0) is 80.2 Å². The van der Waals surface area contributed by atoms with Crippen molar-refractivity contribution in [3.63, 3.8) is 0 Å². The van der Waals surface area contributed by atoms with E-state index in [2.05, 4.69) is 10.2 Å². The highest BCUT2D eigenvalue weighted by molar-refractivity contribution is 6.42. The number of amides is 2. The summed E-state index contributed by atoms with van der Waals surface area (Å²) in [7, 11) is 0. The van der Waals surface area contributed by atoms with Crippen molar-refractivity contribution in [3.05, 3.63) is 63.1 Å². The summed E-state index contributed by atoms with van der Waals surface area (Å²) in [6.07, 6.45) is 3.41. The second-order valence-electron chi connectivity index (χ2n) is 9.55. The molecule has 9 heteroatoms. The molecule has 1 N–H and O–H groups in total. The van der Waals surface area contributed by atoms with Gasteiger partial charge in [0.1, 0.15) is 0 Å². The monoisotopic (exact) mass is 545 g/mol. The first-order valence-corrected chi connectivity index (χ1v) is 13.6. The molecule has 2 amide bonds. The highest BCUT2D eigenvalue weighted by atomic mass is 35.5. The standard InChI is InChI=1S/C28H33Cl2N3O4/c1-2-37-28(36)10-9-26(34)31-21-7-6-20-11-14-33(25(22(20)17-21)18-32-12-3-4-13-32)27(35)16-19-5-8-23(29)24(30)15-19/h5-8,15,17,25H,2-4,9-14,16,18H2,1H3,(H,31,34). The summed E-state index contributed by atoms with van der Waals surface area (Å²) in [5, 5.41) is 3.81. The fraction of sp³-hybridized carbons (Fsp3) is 0.464. The number of ether oxygens (including phenoxy) is 1. The molecule has 2 aliphatic rings. The molecule has 2 aliphatic heterocycles. The van der Waals surface area contributed by atoms with E-state index in [9.17, 15) is 14.4 Å². The number of esters is 1. The lowest BCUT2D eigenvalue weighted by molar-refractivity contribution is -0.144. The predicted molar refractivity (Wildman–Crippen MR) is 145 cm³/mol. The summed E-state index contributed by atoms with van der Waals surface area (Å²) in [6.45, 7) is 5.46. The summed E-state index contributed by atoms with van der Waals surface area (Å²) in [6, 6.07) is 11.1. The molecule has 7 nitrogen and oxygen atoms in total. The molecular formula is C28H33Cl2N3O4. The van der Waals surface area contributed by atoms with E-state index in [4.69, 9.17) is 27.9 Å². The van der Waals surface area contributed by atoms with Gasteiger partial charge in [-0.3, -0.25) is 14.4 Å². The zero-order valence-corrected chi connectivity index (χ0v) is 22.6. The third-order valence-electron chi connectivity index (χ3n) is 6.94. The Morgan fingerprint density at radius 1 is 1.00 bits per heavy atom. The number of hydrogen-bond acceptors (Lipinski definition) is 5. The molecule has 2 aromatic carbocycles. The maximum Gasteiger partial charge on any atom is 0.306 e. The molecule has 1 unspecified atom stereocenters. The van der Waals surface area contributed by atoms with E-state index in [1.54, 1.807) is 19.1 Å². The van der Waals surface area contributed by atoms with Crippen LogP contribution in [0.3, 0.4) is 0 Å². The van der Waals surface area contributed by atoms with Crippen LogP contribution in [0.2, 0.25) is 10.0 Å². The first-order valence-electron chi connectivity index (χ1n) is 12.9. The van der Waals surface area contributed by atoms with E-state index in [-0.39, 0.29) is 43.1 Å². The SMILES string of the molecule is CCOC(=O)CCC(=O)Nc1ccc2c(c1)C(CN1CCCC1)N(C(=O)Cc1ccc(Cl)c(Cl)c1)CC2. The van der Waals surface area contributed by atoms with Gasteiger partial charge in [-0.2, -0.15) is 0 Å². The zero-order valence-electron chi connectivity index (χ0n) is 21.1. The van der Waals surface area contributed by atoms with Gasteiger partial charge in [-0.25, -0.2) is 0 Å². The molecule has 1 saturated heterocycles. The van der Waals surface area contributed by atoms with Crippen molar-refractivity contribution in [2.24, 2.45) is 0 Å². The highest BCUT2D eigenvalue weighted by Crippen LogP contribution is 2.34. The number of likely N-dealkylation sites (tertiary alicyclic amines) is 1. The molecule has 2 heterocycles. The maximum atomic E-state index is 13.5. The number of benzene rings is 2. The normalized spacial score (nSPS) is 17.4. The minimum Gasteiger partial charge on any atom is -0.466 e. The van der Waals surface area contributed by atoms with E-state index < -0.39 is 0 Å². The zero-order chi connectivity index (χ0) is 26.4. The number of fused-ring (bicyclic) bond motifs is 1. The van der Waals surface area contributed by atoms with Gasteiger partial charge < -0.3 is 19.9 Å². The lowest BCUT2D eigenvalue weighted by Crippen LogP contribution is -2.45.